The molecule has 0 aliphatic rings. The second-order valence-electron chi connectivity index (χ2n) is 5.49. The predicted octanol–water partition coefficient (Wildman–Crippen LogP) is 2.75. The van der Waals surface area contributed by atoms with E-state index < -0.39 is 6.10 Å². The zero-order valence-electron chi connectivity index (χ0n) is 13.0. The number of aliphatic hydroxyl groups is 1. The Kier molecular flexibility index (Phi) is 5.92. The molecule has 1 atom stereocenters. The number of hydrogen-bond acceptors (Lipinski definition) is 4. The second kappa shape index (κ2) is 7.92. The summed E-state index contributed by atoms with van der Waals surface area (Å²) in [6.45, 7) is 4.27. The molecule has 22 heavy (non-hydrogen) atoms. The third kappa shape index (κ3) is 4.29. The van der Waals surface area contributed by atoms with Gasteiger partial charge >= 0.3 is 0 Å². The number of hydrogen-bond donors (Lipinski definition) is 1. The Labute approximate surface area is 130 Å². The van der Waals surface area contributed by atoms with Crippen LogP contribution in [0.25, 0.3) is 10.8 Å². The van der Waals surface area contributed by atoms with Crippen LogP contribution in [0.2, 0.25) is 0 Å². The minimum Gasteiger partial charge on any atom is -0.490 e. The van der Waals surface area contributed by atoms with Gasteiger partial charge < -0.3 is 19.4 Å². The molecular formula is C18H22O4. The van der Waals surface area contributed by atoms with Crippen LogP contribution in [-0.4, -0.2) is 36.8 Å². The number of carbonyl (C=O) groups excluding carboxylic acids is 1. The van der Waals surface area contributed by atoms with Gasteiger partial charge in [0, 0.05) is 11.8 Å². The number of benzene rings is 2. The van der Waals surface area contributed by atoms with Crippen molar-refractivity contribution in [3.63, 3.8) is 0 Å². The summed E-state index contributed by atoms with van der Waals surface area (Å²) in [4.78, 5) is 10.8. The summed E-state index contributed by atoms with van der Waals surface area (Å²) < 4.78 is 11.1. The summed E-state index contributed by atoms with van der Waals surface area (Å²) in [5.41, 5.74) is 0.974. The van der Waals surface area contributed by atoms with E-state index in [1.165, 1.54) is 0 Å². The molecule has 0 spiro atoms. The standard InChI is InChI=1S/C18H22O4/c1-13(2)21-11-15(20)12-22-18-8-7-14(9-10-19)16-5-3-4-6-17(16)18/h3-8,10,13,15,20H,9,11-12H2,1-2H3. The number of rotatable bonds is 8. The highest BCUT2D eigenvalue weighted by Crippen LogP contribution is 2.28. The van der Waals surface area contributed by atoms with E-state index in [1.54, 1.807) is 0 Å². The lowest BCUT2D eigenvalue weighted by molar-refractivity contribution is -0.107. The molecule has 0 saturated carbocycles. The van der Waals surface area contributed by atoms with E-state index >= 15 is 0 Å². The third-order valence-corrected chi connectivity index (χ3v) is 3.33. The summed E-state index contributed by atoms with van der Waals surface area (Å²) in [5.74, 6) is 0.703. The average Bonchev–Trinajstić information content (AvgIpc) is 2.52. The van der Waals surface area contributed by atoms with Gasteiger partial charge in [0.1, 0.15) is 24.7 Å². The lowest BCUT2D eigenvalue weighted by atomic mass is 10.0. The monoisotopic (exact) mass is 302 g/mol. The van der Waals surface area contributed by atoms with Crippen LogP contribution in [0.15, 0.2) is 36.4 Å². The minimum absolute atomic E-state index is 0.0816. The minimum atomic E-state index is -0.671. The number of aldehydes is 1. The van der Waals surface area contributed by atoms with Crippen molar-refractivity contribution in [2.24, 2.45) is 0 Å². The van der Waals surface area contributed by atoms with Crippen molar-refractivity contribution in [1.82, 2.24) is 0 Å². The Hall–Kier alpha value is -1.91. The molecule has 4 nitrogen and oxygen atoms in total. The number of aliphatic hydroxyl groups excluding tert-OH is 1. The van der Waals surface area contributed by atoms with E-state index in [-0.39, 0.29) is 19.3 Å². The molecule has 0 aliphatic heterocycles. The molecule has 4 heteroatoms. The van der Waals surface area contributed by atoms with Gasteiger partial charge in [-0.15, -0.1) is 0 Å². The van der Waals surface area contributed by atoms with Crippen molar-refractivity contribution < 1.29 is 19.4 Å². The quantitative estimate of drug-likeness (QED) is 0.762. The molecule has 0 saturated heterocycles. The van der Waals surface area contributed by atoms with Gasteiger partial charge in [0.2, 0.25) is 0 Å². The van der Waals surface area contributed by atoms with Crippen molar-refractivity contribution >= 4 is 17.1 Å². The maximum atomic E-state index is 10.8. The Balaban J connectivity index is 2.11. The summed E-state index contributed by atoms with van der Waals surface area (Å²) in [7, 11) is 0. The van der Waals surface area contributed by atoms with Crippen LogP contribution in [0.1, 0.15) is 19.4 Å². The van der Waals surface area contributed by atoms with Gasteiger partial charge in [0.05, 0.1) is 12.7 Å². The van der Waals surface area contributed by atoms with Gasteiger partial charge in [0.15, 0.2) is 0 Å². The van der Waals surface area contributed by atoms with Crippen LogP contribution in [0.5, 0.6) is 5.75 Å². The lowest BCUT2D eigenvalue weighted by Gasteiger charge is -2.16. The van der Waals surface area contributed by atoms with Crippen molar-refractivity contribution in [3.05, 3.63) is 42.0 Å². The van der Waals surface area contributed by atoms with E-state index in [0.29, 0.717) is 12.2 Å². The summed E-state index contributed by atoms with van der Waals surface area (Å²) >= 11 is 0. The molecule has 0 aliphatic carbocycles. The van der Waals surface area contributed by atoms with Crippen molar-refractivity contribution in [2.75, 3.05) is 13.2 Å². The molecule has 2 rings (SSSR count). The summed E-state index contributed by atoms with van der Waals surface area (Å²) in [6, 6.07) is 11.5. The molecule has 0 amide bonds. The van der Waals surface area contributed by atoms with Crippen molar-refractivity contribution in [2.45, 2.75) is 32.5 Å². The third-order valence-electron chi connectivity index (χ3n) is 3.33. The van der Waals surface area contributed by atoms with Crippen LogP contribution in [0.3, 0.4) is 0 Å². The lowest BCUT2D eigenvalue weighted by Crippen LogP contribution is -2.25. The smallest absolute Gasteiger partial charge is 0.127 e. The first-order valence-electron chi connectivity index (χ1n) is 7.48. The van der Waals surface area contributed by atoms with Gasteiger partial charge in [-0.05, 0) is 30.9 Å². The van der Waals surface area contributed by atoms with Crippen LogP contribution >= 0.6 is 0 Å². The fourth-order valence-electron chi connectivity index (χ4n) is 2.27. The zero-order valence-corrected chi connectivity index (χ0v) is 13.0. The molecule has 0 aromatic heterocycles. The first kappa shape index (κ1) is 16.5. The maximum absolute atomic E-state index is 10.8. The first-order valence-corrected chi connectivity index (χ1v) is 7.48. The fourth-order valence-corrected chi connectivity index (χ4v) is 2.27. The summed E-state index contributed by atoms with van der Waals surface area (Å²) in [6.07, 6.45) is 0.690. The van der Waals surface area contributed by atoms with Crippen LogP contribution in [-0.2, 0) is 16.0 Å². The van der Waals surface area contributed by atoms with Crippen LogP contribution in [0.4, 0.5) is 0 Å². The highest BCUT2D eigenvalue weighted by molar-refractivity contribution is 5.92. The molecule has 118 valence electrons. The predicted molar refractivity (Wildman–Crippen MR) is 86.3 cm³/mol. The van der Waals surface area contributed by atoms with E-state index in [1.807, 2.05) is 50.2 Å². The normalized spacial score (nSPS) is 12.5. The Bertz CT molecular complexity index is 622. The van der Waals surface area contributed by atoms with Gasteiger partial charge in [-0.25, -0.2) is 0 Å². The maximum Gasteiger partial charge on any atom is 0.127 e. The largest absolute Gasteiger partial charge is 0.490 e. The van der Waals surface area contributed by atoms with Crippen LogP contribution in [0, 0.1) is 0 Å². The van der Waals surface area contributed by atoms with Gasteiger partial charge in [-0.3, -0.25) is 0 Å². The Morgan fingerprint density at radius 3 is 2.50 bits per heavy atom. The Morgan fingerprint density at radius 2 is 1.82 bits per heavy atom. The van der Waals surface area contributed by atoms with Crippen molar-refractivity contribution in [1.29, 1.82) is 0 Å². The highest BCUT2D eigenvalue weighted by atomic mass is 16.5. The average molecular weight is 302 g/mol. The molecule has 0 radical (unpaired) electrons. The first-order chi connectivity index (χ1) is 10.6. The molecular weight excluding hydrogens is 280 g/mol. The van der Waals surface area contributed by atoms with Gasteiger partial charge in [-0.1, -0.05) is 30.3 Å². The Morgan fingerprint density at radius 1 is 1.09 bits per heavy atom. The fraction of sp³-hybridized carbons (Fsp3) is 0.389. The number of ether oxygens (including phenoxy) is 2. The van der Waals surface area contributed by atoms with Gasteiger partial charge in [-0.2, -0.15) is 0 Å². The molecule has 2 aromatic carbocycles. The molecule has 1 unspecified atom stereocenters. The number of carbonyl (C=O) groups is 1. The van der Waals surface area contributed by atoms with Crippen LogP contribution < -0.4 is 4.74 Å². The molecule has 0 bridgehead atoms. The highest BCUT2D eigenvalue weighted by Gasteiger charge is 2.10. The second-order valence-corrected chi connectivity index (χ2v) is 5.49. The molecule has 1 N–H and O–H groups in total. The van der Waals surface area contributed by atoms with E-state index in [2.05, 4.69) is 0 Å². The van der Waals surface area contributed by atoms with Gasteiger partial charge in [0.25, 0.3) is 0 Å². The molecule has 0 fully saturated rings. The molecule has 2 aromatic rings. The van der Waals surface area contributed by atoms with Crippen molar-refractivity contribution in [3.8, 4) is 5.75 Å². The van der Waals surface area contributed by atoms with E-state index in [9.17, 15) is 9.90 Å². The van der Waals surface area contributed by atoms with E-state index in [4.69, 9.17) is 9.47 Å². The van der Waals surface area contributed by atoms with E-state index in [0.717, 1.165) is 22.6 Å². The zero-order chi connectivity index (χ0) is 15.9. The number of fused-ring (bicyclic) bond motifs is 1. The summed E-state index contributed by atoms with van der Waals surface area (Å²) in [5, 5.41) is 11.8. The SMILES string of the molecule is CC(C)OCC(O)COc1ccc(CC=O)c2ccccc12. The molecule has 0 heterocycles. The topological polar surface area (TPSA) is 55.8 Å².